The second-order valence-electron chi connectivity index (χ2n) is 7.30. The Bertz CT molecular complexity index is 1250. The van der Waals surface area contributed by atoms with Gasteiger partial charge in [0, 0.05) is 23.6 Å². The predicted molar refractivity (Wildman–Crippen MR) is 129 cm³/mol. The second kappa shape index (κ2) is 10.7. The topological polar surface area (TPSA) is 109 Å². The van der Waals surface area contributed by atoms with Crippen LogP contribution >= 0.6 is 0 Å². The van der Waals surface area contributed by atoms with E-state index < -0.39 is 0 Å². The maximum Gasteiger partial charge on any atom is 0.240 e. The van der Waals surface area contributed by atoms with Crippen molar-refractivity contribution < 1.29 is 9.59 Å². The normalized spacial score (nSPS) is 11.4. The van der Waals surface area contributed by atoms with Crippen molar-refractivity contribution in [1.82, 2.24) is 20.8 Å². The number of nitrogens with zero attached hydrogens (tertiary/aromatic N) is 4. The van der Waals surface area contributed by atoms with Crippen LogP contribution in [-0.2, 0) is 9.59 Å². The molecule has 0 atom stereocenters. The largest absolute Gasteiger partial charge is 0.273 e. The van der Waals surface area contributed by atoms with Gasteiger partial charge in [-0.2, -0.15) is 10.2 Å². The quantitative estimate of drug-likeness (QED) is 0.324. The summed E-state index contributed by atoms with van der Waals surface area (Å²) in [5, 5.41) is 9.94. The number of hydrogen-bond acceptors (Lipinski definition) is 6. The molecule has 2 N–H and O–H groups in total. The van der Waals surface area contributed by atoms with E-state index in [0.29, 0.717) is 17.8 Å². The maximum atomic E-state index is 11.9. The first-order valence-corrected chi connectivity index (χ1v) is 10.5. The fraction of sp³-hybridized carbons (Fsp3) is 0.120. The van der Waals surface area contributed by atoms with E-state index in [0.717, 1.165) is 21.8 Å². The zero-order valence-electron chi connectivity index (χ0n) is 17.8. The molecular formula is C25H22N6O2. The van der Waals surface area contributed by atoms with Crippen molar-refractivity contribution in [3.8, 4) is 0 Å². The summed E-state index contributed by atoms with van der Waals surface area (Å²) in [4.78, 5) is 32.7. The van der Waals surface area contributed by atoms with Crippen LogP contribution in [-0.4, -0.2) is 34.2 Å². The molecule has 2 aromatic carbocycles. The van der Waals surface area contributed by atoms with Crippen LogP contribution in [0, 0.1) is 0 Å². The molecule has 8 heteroatoms. The number of pyridine rings is 2. The van der Waals surface area contributed by atoms with Crippen molar-refractivity contribution in [3.05, 3.63) is 84.2 Å². The summed E-state index contributed by atoms with van der Waals surface area (Å²) in [5.41, 5.74) is 7.92. The van der Waals surface area contributed by atoms with E-state index in [4.69, 9.17) is 0 Å². The van der Waals surface area contributed by atoms with Crippen LogP contribution in [0.25, 0.3) is 21.8 Å². The molecule has 2 heterocycles. The van der Waals surface area contributed by atoms with Gasteiger partial charge in [-0.1, -0.05) is 48.5 Å². The minimum absolute atomic E-state index is 0.172. The van der Waals surface area contributed by atoms with Gasteiger partial charge >= 0.3 is 0 Å². The van der Waals surface area contributed by atoms with Crippen molar-refractivity contribution in [2.75, 3.05) is 0 Å². The number of carbonyl (C=O) groups is 2. The Balaban J connectivity index is 1.16. The van der Waals surface area contributed by atoms with Gasteiger partial charge in [0.1, 0.15) is 0 Å². The molecule has 0 aliphatic carbocycles. The molecule has 0 aliphatic rings. The number of rotatable bonds is 8. The molecule has 0 fully saturated rings. The first kappa shape index (κ1) is 21.8. The third-order valence-electron chi connectivity index (χ3n) is 4.82. The zero-order valence-corrected chi connectivity index (χ0v) is 17.8. The van der Waals surface area contributed by atoms with Crippen LogP contribution in [0.4, 0.5) is 0 Å². The Hall–Kier alpha value is -4.46. The van der Waals surface area contributed by atoms with E-state index in [2.05, 4.69) is 31.0 Å². The maximum absolute atomic E-state index is 11.9. The van der Waals surface area contributed by atoms with E-state index in [1.165, 1.54) is 12.4 Å². The fourth-order valence-electron chi connectivity index (χ4n) is 3.17. The van der Waals surface area contributed by atoms with Crippen LogP contribution in [0.15, 0.2) is 83.0 Å². The molecule has 4 rings (SSSR count). The highest BCUT2D eigenvalue weighted by molar-refractivity contribution is 5.87. The molecule has 0 saturated heterocycles. The van der Waals surface area contributed by atoms with Crippen LogP contribution in [0.1, 0.15) is 30.7 Å². The first-order valence-electron chi connectivity index (χ1n) is 10.5. The van der Waals surface area contributed by atoms with Gasteiger partial charge in [-0.25, -0.2) is 20.8 Å². The van der Waals surface area contributed by atoms with Crippen molar-refractivity contribution in [3.63, 3.8) is 0 Å². The van der Waals surface area contributed by atoms with Gasteiger partial charge in [0.25, 0.3) is 0 Å². The monoisotopic (exact) mass is 438 g/mol. The molecule has 8 nitrogen and oxygen atoms in total. The Morgan fingerprint density at radius 1 is 0.667 bits per heavy atom. The number of benzene rings is 2. The summed E-state index contributed by atoms with van der Waals surface area (Å²) >= 11 is 0. The molecule has 0 bridgehead atoms. The Morgan fingerprint density at radius 2 is 1.12 bits per heavy atom. The standard InChI is InChI=1S/C25H22N6O2/c32-24(30-26-16-20-14-12-18-6-1-3-8-22(18)28-20)10-5-11-25(33)31-27-17-21-15-13-19-7-2-4-9-23(19)29-21/h1-4,6-9,12-17H,5,10-11H2,(H,30,32)(H,31,33). The summed E-state index contributed by atoms with van der Waals surface area (Å²) in [6.45, 7) is 0. The molecular weight excluding hydrogens is 416 g/mol. The third-order valence-corrected chi connectivity index (χ3v) is 4.82. The highest BCUT2D eigenvalue weighted by atomic mass is 16.2. The molecule has 0 spiro atoms. The smallest absolute Gasteiger partial charge is 0.240 e. The zero-order chi connectivity index (χ0) is 22.9. The number of carbonyl (C=O) groups excluding carboxylic acids is 2. The first-order chi connectivity index (χ1) is 16.2. The number of hydrazone groups is 2. The molecule has 0 unspecified atom stereocenters. The van der Waals surface area contributed by atoms with Gasteiger partial charge in [-0.15, -0.1) is 0 Å². The van der Waals surface area contributed by atoms with Gasteiger partial charge in [0.2, 0.25) is 11.8 Å². The summed E-state index contributed by atoms with van der Waals surface area (Å²) in [5.74, 6) is -0.549. The van der Waals surface area contributed by atoms with Crippen molar-refractivity contribution in [1.29, 1.82) is 0 Å². The molecule has 0 aliphatic heterocycles. The summed E-state index contributed by atoms with van der Waals surface area (Å²) in [6, 6.07) is 23.1. The van der Waals surface area contributed by atoms with Crippen molar-refractivity contribution >= 4 is 46.0 Å². The molecule has 0 saturated carbocycles. The number of fused-ring (bicyclic) bond motifs is 2. The molecule has 2 amide bonds. The lowest BCUT2D eigenvalue weighted by Crippen LogP contribution is -2.20. The molecule has 33 heavy (non-hydrogen) atoms. The molecule has 164 valence electrons. The van der Waals surface area contributed by atoms with E-state index in [9.17, 15) is 9.59 Å². The molecule has 0 radical (unpaired) electrons. The highest BCUT2D eigenvalue weighted by Crippen LogP contribution is 2.11. The van der Waals surface area contributed by atoms with Gasteiger partial charge in [0.05, 0.1) is 34.9 Å². The average molecular weight is 438 g/mol. The number of nitrogens with one attached hydrogen (secondary N) is 2. The number of amides is 2. The van der Waals surface area contributed by atoms with Gasteiger partial charge in [-0.05, 0) is 30.7 Å². The van der Waals surface area contributed by atoms with Crippen LogP contribution in [0.5, 0.6) is 0 Å². The number of hydrogen-bond donors (Lipinski definition) is 2. The van der Waals surface area contributed by atoms with Gasteiger partial charge in [-0.3, -0.25) is 9.59 Å². The lowest BCUT2D eigenvalue weighted by atomic mass is 10.2. The lowest BCUT2D eigenvalue weighted by molar-refractivity contribution is -0.122. The minimum atomic E-state index is -0.274. The average Bonchev–Trinajstić information content (AvgIpc) is 2.84. The highest BCUT2D eigenvalue weighted by Gasteiger charge is 2.04. The van der Waals surface area contributed by atoms with Crippen LogP contribution in [0.3, 0.4) is 0 Å². The van der Waals surface area contributed by atoms with E-state index in [1.54, 1.807) is 0 Å². The molecule has 4 aromatic rings. The van der Waals surface area contributed by atoms with Crippen LogP contribution < -0.4 is 10.9 Å². The van der Waals surface area contributed by atoms with Crippen molar-refractivity contribution in [2.45, 2.75) is 19.3 Å². The lowest BCUT2D eigenvalue weighted by Gasteiger charge is -2.01. The van der Waals surface area contributed by atoms with Crippen molar-refractivity contribution in [2.24, 2.45) is 10.2 Å². The summed E-state index contributed by atoms with van der Waals surface area (Å²) < 4.78 is 0. The summed E-state index contributed by atoms with van der Waals surface area (Å²) in [7, 11) is 0. The Labute approximate surface area is 190 Å². The third kappa shape index (κ3) is 6.27. The van der Waals surface area contributed by atoms with E-state index >= 15 is 0 Å². The van der Waals surface area contributed by atoms with Crippen LogP contribution in [0.2, 0.25) is 0 Å². The van der Waals surface area contributed by atoms with Gasteiger partial charge < -0.3 is 0 Å². The number of para-hydroxylation sites is 2. The number of aromatic nitrogens is 2. The molecule has 2 aromatic heterocycles. The van der Waals surface area contributed by atoms with E-state index in [1.807, 2.05) is 72.8 Å². The minimum Gasteiger partial charge on any atom is -0.273 e. The SMILES string of the molecule is O=C(CCCC(=O)NN=Cc1ccc2ccccc2n1)NN=Cc1ccc2ccccc2n1. The van der Waals surface area contributed by atoms with E-state index in [-0.39, 0.29) is 24.7 Å². The Morgan fingerprint density at radius 3 is 1.61 bits per heavy atom. The Kier molecular flexibility index (Phi) is 7.07. The second-order valence-corrected chi connectivity index (χ2v) is 7.30. The predicted octanol–water partition coefficient (Wildman–Crippen LogP) is 3.55. The fourth-order valence-corrected chi connectivity index (χ4v) is 3.17. The summed E-state index contributed by atoms with van der Waals surface area (Å²) in [6.07, 6.45) is 3.71. The van der Waals surface area contributed by atoms with Gasteiger partial charge in [0.15, 0.2) is 0 Å².